The Morgan fingerprint density at radius 2 is 2.25 bits per heavy atom. The molecule has 1 saturated heterocycles. The van der Waals surface area contributed by atoms with Crippen LogP contribution in [0, 0.1) is 0 Å². The van der Waals surface area contributed by atoms with Crippen LogP contribution in [0.4, 0.5) is 5.82 Å². The topological polar surface area (TPSA) is 67.4 Å². The molecule has 2 aromatic rings. The molecular formula is C12H13ClN4O2S. The zero-order valence-corrected chi connectivity index (χ0v) is 12.2. The summed E-state index contributed by atoms with van der Waals surface area (Å²) >= 11 is 7.59. The highest BCUT2D eigenvalue weighted by Gasteiger charge is 2.19. The Morgan fingerprint density at radius 3 is 3.00 bits per heavy atom. The van der Waals surface area contributed by atoms with Gasteiger partial charge in [-0.15, -0.1) is 11.3 Å². The molecule has 6 nitrogen and oxygen atoms in total. The Kier molecular flexibility index (Phi) is 4.00. The van der Waals surface area contributed by atoms with Crippen molar-refractivity contribution in [2.45, 2.75) is 6.54 Å². The van der Waals surface area contributed by atoms with Gasteiger partial charge in [-0.25, -0.2) is 4.98 Å². The van der Waals surface area contributed by atoms with Gasteiger partial charge in [-0.3, -0.25) is 4.79 Å². The first-order chi connectivity index (χ1) is 9.78. The van der Waals surface area contributed by atoms with E-state index in [-0.39, 0.29) is 5.28 Å². The van der Waals surface area contributed by atoms with Gasteiger partial charge in [0.1, 0.15) is 0 Å². The molecule has 20 heavy (non-hydrogen) atoms. The van der Waals surface area contributed by atoms with E-state index in [1.807, 2.05) is 6.07 Å². The van der Waals surface area contributed by atoms with Crippen LogP contribution in [-0.2, 0) is 16.1 Å². The van der Waals surface area contributed by atoms with E-state index < -0.39 is 0 Å². The van der Waals surface area contributed by atoms with Crippen molar-refractivity contribution in [1.82, 2.24) is 15.3 Å². The Morgan fingerprint density at radius 1 is 1.45 bits per heavy atom. The normalized spacial score (nSPS) is 15.6. The molecule has 8 heteroatoms. The number of carbonyl (C=O) groups is 1. The smallest absolute Gasteiger partial charge is 0.224 e. The summed E-state index contributed by atoms with van der Waals surface area (Å²) in [5.74, 6) is 0.852. The van der Waals surface area contributed by atoms with Crippen LogP contribution in [0.5, 0.6) is 0 Å². The standard InChI is InChI=1S/C12H13ClN4O2S/c13-12-15-9-5-8(6-14-7-18)20-10(9)11(16-12)17-1-3-19-4-2-17/h5,7H,1-4,6H2,(H,14,18). The predicted molar refractivity (Wildman–Crippen MR) is 78.4 cm³/mol. The van der Waals surface area contributed by atoms with Crippen LogP contribution < -0.4 is 10.2 Å². The quantitative estimate of drug-likeness (QED) is 0.683. The number of anilines is 1. The average molecular weight is 313 g/mol. The third kappa shape index (κ3) is 2.70. The number of thiophene rings is 1. The van der Waals surface area contributed by atoms with Crippen LogP contribution in [0.2, 0.25) is 5.28 Å². The van der Waals surface area contributed by atoms with E-state index in [1.165, 1.54) is 0 Å². The number of fused-ring (bicyclic) bond motifs is 1. The van der Waals surface area contributed by atoms with E-state index in [0.717, 1.165) is 34.0 Å². The zero-order chi connectivity index (χ0) is 13.9. The maximum atomic E-state index is 10.4. The minimum Gasteiger partial charge on any atom is -0.378 e. The van der Waals surface area contributed by atoms with E-state index in [1.54, 1.807) is 11.3 Å². The highest BCUT2D eigenvalue weighted by molar-refractivity contribution is 7.19. The number of nitrogens with one attached hydrogen (secondary N) is 1. The number of ether oxygens (including phenoxy) is 1. The number of amides is 1. The lowest BCUT2D eigenvalue weighted by molar-refractivity contribution is -0.109. The summed E-state index contributed by atoms with van der Waals surface area (Å²) in [6.45, 7) is 3.46. The fraction of sp³-hybridized carbons (Fsp3) is 0.417. The van der Waals surface area contributed by atoms with Crippen molar-refractivity contribution in [1.29, 1.82) is 0 Å². The number of nitrogens with zero attached hydrogens (tertiary/aromatic N) is 3. The van der Waals surface area contributed by atoms with Gasteiger partial charge in [0.15, 0.2) is 5.82 Å². The molecule has 0 unspecified atom stereocenters. The van der Waals surface area contributed by atoms with Crippen LogP contribution in [0.15, 0.2) is 6.07 Å². The average Bonchev–Trinajstić information content (AvgIpc) is 2.87. The molecule has 106 valence electrons. The molecule has 1 fully saturated rings. The van der Waals surface area contributed by atoms with Crippen LogP contribution in [0.25, 0.3) is 10.2 Å². The molecular weight excluding hydrogens is 300 g/mol. The van der Waals surface area contributed by atoms with Crippen LogP contribution >= 0.6 is 22.9 Å². The minimum atomic E-state index is 0.242. The van der Waals surface area contributed by atoms with Crippen molar-refractivity contribution in [3.8, 4) is 0 Å². The summed E-state index contributed by atoms with van der Waals surface area (Å²) in [5, 5.41) is 2.90. The molecule has 2 aromatic heterocycles. The number of hydrogen-bond donors (Lipinski definition) is 1. The van der Waals surface area contributed by atoms with Gasteiger partial charge in [0, 0.05) is 18.0 Å². The molecule has 0 atom stereocenters. The minimum absolute atomic E-state index is 0.242. The van der Waals surface area contributed by atoms with Crippen molar-refractivity contribution >= 4 is 45.4 Å². The summed E-state index contributed by atoms with van der Waals surface area (Å²) in [4.78, 5) is 22.2. The van der Waals surface area contributed by atoms with Gasteiger partial charge in [0.25, 0.3) is 0 Å². The molecule has 1 aliphatic heterocycles. The van der Waals surface area contributed by atoms with Gasteiger partial charge in [-0.1, -0.05) is 0 Å². The van der Waals surface area contributed by atoms with Crippen LogP contribution in [0.1, 0.15) is 4.88 Å². The van der Waals surface area contributed by atoms with Crippen LogP contribution in [-0.4, -0.2) is 42.7 Å². The molecule has 3 rings (SSSR count). The number of halogens is 1. The first kappa shape index (κ1) is 13.5. The number of morpholine rings is 1. The molecule has 1 amide bonds. The zero-order valence-electron chi connectivity index (χ0n) is 10.6. The summed E-state index contributed by atoms with van der Waals surface area (Å²) < 4.78 is 6.36. The molecule has 0 saturated carbocycles. The van der Waals surface area contributed by atoms with Crippen molar-refractivity contribution in [3.05, 3.63) is 16.2 Å². The lowest BCUT2D eigenvalue weighted by atomic mass is 10.3. The van der Waals surface area contributed by atoms with E-state index in [0.29, 0.717) is 26.2 Å². The number of rotatable bonds is 4. The highest BCUT2D eigenvalue weighted by atomic mass is 35.5. The number of aromatic nitrogens is 2. The second-order valence-electron chi connectivity index (χ2n) is 4.34. The Balaban J connectivity index is 2.00. The van der Waals surface area contributed by atoms with Crippen LogP contribution in [0.3, 0.4) is 0 Å². The van der Waals surface area contributed by atoms with Crippen molar-refractivity contribution in [2.75, 3.05) is 31.2 Å². The van der Waals surface area contributed by atoms with Crippen molar-refractivity contribution in [3.63, 3.8) is 0 Å². The number of carbonyl (C=O) groups excluding carboxylic acids is 1. The largest absolute Gasteiger partial charge is 0.378 e. The van der Waals surface area contributed by atoms with Crippen molar-refractivity contribution < 1.29 is 9.53 Å². The summed E-state index contributed by atoms with van der Waals surface area (Å²) in [7, 11) is 0. The third-order valence-corrected chi connectivity index (χ3v) is 4.34. The van der Waals surface area contributed by atoms with Gasteiger partial charge >= 0.3 is 0 Å². The lowest BCUT2D eigenvalue weighted by Crippen LogP contribution is -2.36. The first-order valence-corrected chi connectivity index (χ1v) is 7.43. The van der Waals surface area contributed by atoms with E-state index >= 15 is 0 Å². The van der Waals surface area contributed by atoms with Gasteiger partial charge < -0.3 is 15.0 Å². The Bertz CT molecular complexity index is 627. The van der Waals surface area contributed by atoms with Crippen molar-refractivity contribution in [2.24, 2.45) is 0 Å². The monoisotopic (exact) mass is 312 g/mol. The second-order valence-corrected chi connectivity index (χ2v) is 5.82. The summed E-state index contributed by atoms with van der Waals surface area (Å²) in [5.41, 5.74) is 0.819. The molecule has 0 aliphatic carbocycles. The second kappa shape index (κ2) is 5.90. The van der Waals surface area contributed by atoms with Gasteiger partial charge in [0.2, 0.25) is 11.7 Å². The Labute approximate surface area is 124 Å². The molecule has 0 aromatic carbocycles. The SMILES string of the molecule is O=CNCc1cc2nc(Cl)nc(N3CCOCC3)c2s1. The molecule has 0 bridgehead atoms. The van der Waals surface area contributed by atoms with Gasteiger partial charge in [-0.2, -0.15) is 4.98 Å². The fourth-order valence-electron chi connectivity index (χ4n) is 2.16. The molecule has 0 radical (unpaired) electrons. The Hall–Kier alpha value is -1.44. The molecule has 3 heterocycles. The molecule has 1 aliphatic rings. The lowest BCUT2D eigenvalue weighted by Gasteiger charge is -2.28. The van der Waals surface area contributed by atoms with Gasteiger partial charge in [0.05, 0.1) is 30.0 Å². The fourth-order valence-corrected chi connectivity index (χ4v) is 3.39. The first-order valence-electron chi connectivity index (χ1n) is 6.23. The van der Waals surface area contributed by atoms with E-state index in [9.17, 15) is 4.79 Å². The third-order valence-electron chi connectivity index (χ3n) is 3.05. The highest BCUT2D eigenvalue weighted by Crippen LogP contribution is 2.33. The summed E-state index contributed by atoms with van der Waals surface area (Å²) in [6, 6.07) is 1.94. The molecule has 1 N–H and O–H groups in total. The predicted octanol–water partition coefficient (Wildman–Crippen LogP) is 1.43. The van der Waals surface area contributed by atoms with E-state index in [2.05, 4.69) is 20.2 Å². The van der Waals surface area contributed by atoms with E-state index in [4.69, 9.17) is 16.3 Å². The summed E-state index contributed by atoms with van der Waals surface area (Å²) in [6.07, 6.45) is 0.686. The van der Waals surface area contributed by atoms with Gasteiger partial charge in [-0.05, 0) is 17.7 Å². The maximum Gasteiger partial charge on any atom is 0.224 e. The maximum absolute atomic E-state index is 10.4. The number of hydrogen-bond acceptors (Lipinski definition) is 6. The molecule has 0 spiro atoms.